The molecule has 5 heteroatoms. The van der Waals surface area contributed by atoms with Crippen molar-refractivity contribution >= 4 is 17.4 Å². The van der Waals surface area contributed by atoms with Gasteiger partial charge in [-0.3, -0.25) is 9.69 Å². The van der Waals surface area contributed by atoms with Crippen molar-refractivity contribution in [3.63, 3.8) is 0 Å². The van der Waals surface area contributed by atoms with Gasteiger partial charge in [0.05, 0.1) is 13.2 Å². The van der Waals surface area contributed by atoms with E-state index in [1.807, 2.05) is 19.1 Å². The zero-order chi connectivity index (χ0) is 19.9. The number of nitrogens with zero attached hydrogens (tertiary/aromatic N) is 1. The van der Waals surface area contributed by atoms with E-state index in [-0.39, 0.29) is 11.8 Å². The van der Waals surface area contributed by atoms with Crippen molar-refractivity contribution in [1.29, 1.82) is 0 Å². The van der Waals surface area contributed by atoms with Crippen LogP contribution in [0, 0.1) is 0 Å². The number of halogens is 1. The van der Waals surface area contributed by atoms with Gasteiger partial charge in [-0.25, -0.2) is 0 Å². The summed E-state index contributed by atoms with van der Waals surface area (Å²) in [7, 11) is 1.68. The van der Waals surface area contributed by atoms with Gasteiger partial charge in [0.15, 0.2) is 5.78 Å². The normalized spacial score (nSPS) is 16.0. The maximum absolute atomic E-state index is 12.4. The van der Waals surface area contributed by atoms with Crippen molar-refractivity contribution < 1.29 is 9.53 Å². The summed E-state index contributed by atoms with van der Waals surface area (Å²) < 4.78 is 5.28. The minimum Gasteiger partial charge on any atom is -0.497 e. The van der Waals surface area contributed by atoms with Crippen LogP contribution in [-0.2, 0) is 0 Å². The second kappa shape index (κ2) is 9.76. The predicted molar refractivity (Wildman–Crippen MR) is 114 cm³/mol. The minimum absolute atomic E-state index is 0.0242. The fourth-order valence-corrected chi connectivity index (χ4v) is 3.67. The van der Waals surface area contributed by atoms with Crippen LogP contribution < -0.4 is 10.1 Å². The zero-order valence-electron chi connectivity index (χ0n) is 16.5. The van der Waals surface area contributed by atoms with E-state index < -0.39 is 0 Å². The number of carbonyl (C=O) groups excluding carboxylic acids is 1. The Morgan fingerprint density at radius 2 is 1.79 bits per heavy atom. The van der Waals surface area contributed by atoms with Crippen LogP contribution in [-0.4, -0.2) is 37.4 Å². The van der Waals surface area contributed by atoms with Crippen LogP contribution >= 0.6 is 11.6 Å². The van der Waals surface area contributed by atoms with E-state index in [0.29, 0.717) is 10.6 Å². The van der Waals surface area contributed by atoms with Crippen molar-refractivity contribution in [3.8, 4) is 5.75 Å². The van der Waals surface area contributed by atoms with E-state index in [1.54, 1.807) is 37.5 Å². The molecule has 2 aromatic rings. The first-order valence-corrected chi connectivity index (χ1v) is 10.0. The molecule has 1 unspecified atom stereocenters. The van der Waals surface area contributed by atoms with Crippen LogP contribution in [0.2, 0.25) is 5.02 Å². The number of ether oxygens (including phenoxy) is 1. The highest BCUT2D eigenvalue weighted by Crippen LogP contribution is 2.26. The smallest absolute Gasteiger partial charge is 0.187 e. The molecule has 1 aliphatic heterocycles. The van der Waals surface area contributed by atoms with Gasteiger partial charge in [0.25, 0.3) is 0 Å². The summed E-state index contributed by atoms with van der Waals surface area (Å²) in [5.41, 5.74) is 2.75. The Balaban J connectivity index is 1.68. The molecule has 2 aromatic carbocycles. The molecule has 1 atom stereocenters. The maximum Gasteiger partial charge on any atom is 0.187 e. The van der Waals surface area contributed by atoms with Gasteiger partial charge >= 0.3 is 0 Å². The summed E-state index contributed by atoms with van der Waals surface area (Å²) in [4.78, 5) is 14.9. The summed E-state index contributed by atoms with van der Waals surface area (Å²) in [6.07, 6.45) is 4.12. The average Bonchev–Trinajstić information content (AvgIpc) is 3.23. The number of carbonyl (C=O) groups is 1. The van der Waals surface area contributed by atoms with Gasteiger partial charge in [-0.05, 0) is 74.8 Å². The summed E-state index contributed by atoms with van der Waals surface area (Å²) >= 11 is 5.89. The highest BCUT2D eigenvalue weighted by atomic mass is 35.5. The van der Waals surface area contributed by atoms with Crippen molar-refractivity contribution in [3.05, 3.63) is 76.5 Å². The third-order valence-corrected chi connectivity index (χ3v) is 5.38. The Labute approximate surface area is 172 Å². The molecular weight excluding hydrogens is 372 g/mol. The van der Waals surface area contributed by atoms with Gasteiger partial charge in [-0.2, -0.15) is 0 Å². The highest BCUT2D eigenvalue weighted by molar-refractivity contribution is 6.30. The Bertz CT molecular complexity index is 810. The van der Waals surface area contributed by atoms with Gasteiger partial charge in [-0.15, -0.1) is 0 Å². The highest BCUT2D eigenvalue weighted by Gasteiger charge is 2.23. The van der Waals surface area contributed by atoms with Gasteiger partial charge in [-0.1, -0.05) is 23.7 Å². The lowest BCUT2D eigenvalue weighted by molar-refractivity contribution is 0.104. The quantitative estimate of drug-likeness (QED) is 0.509. The summed E-state index contributed by atoms with van der Waals surface area (Å²) in [6, 6.07) is 15.5. The lowest BCUT2D eigenvalue weighted by Crippen LogP contribution is -2.33. The van der Waals surface area contributed by atoms with Crippen LogP contribution in [0.3, 0.4) is 0 Å². The number of hydrogen-bond acceptors (Lipinski definition) is 4. The first-order chi connectivity index (χ1) is 13.6. The Morgan fingerprint density at radius 3 is 2.39 bits per heavy atom. The third-order valence-electron chi connectivity index (χ3n) is 5.13. The molecule has 0 saturated carbocycles. The molecule has 0 bridgehead atoms. The third kappa shape index (κ3) is 5.37. The van der Waals surface area contributed by atoms with E-state index in [4.69, 9.17) is 16.3 Å². The molecule has 0 spiro atoms. The second-order valence-electron chi connectivity index (χ2n) is 7.11. The molecular formula is C23H27ClN2O2. The Hall–Kier alpha value is -2.30. The predicted octanol–water partition coefficient (Wildman–Crippen LogP) is 4.86. The number of hydrogen-bond donors (Lipinski definition) is 1. The van der Waals surface area contributed by atoms with E-state index in [9.17, 15) is 4.79 Å². The maximum atomic E-state index is 12.4. The Morgan fingerprint density at radius 1 is 1.14 bits per heavy atom. The molecule has 3 rings (SSSR count). The SMILES string of the molecule is COc1ccc(C(CN/C(C)=C/C(=O)c2ccc(Cl)cc2)N2CCCC2)cc1. The molecule has 0 aliphatic carbocycles. The van der Waals surface area contributed by atoms with Gasteiger partial charge in [0.1, 0.15) is 5.75 Å². The van der Waals surface area contributed by atoms with Crippen LogP contribution in [0.1, 0.15) is 41.7 Å². The summed E-state index contributed by atoms with van der Waals surface area (Å²) in [6.45, 7) is 4.89. The summed E-state index contributed by atoms with van der Waals surface area (Å²) in [5.74, 6) is 0.838. The number of likely N-dealkylation sites (tertiary alicyclic amines) is 1. The fourth-order valence-electron chi connectivity index (χ4n) is 3.54. The summed E-state index contributed by atoms with van der Waals surface area (Å²) in [5, 5.41) is 4.07. The van der Waals surface area contributed by atoms with Crippen molar-refractivity contribution in [2.75, 3.05) is 26.7 Å². The van der Waals surface area contributed by atoms with Crippen LogP contribution in [0.4, 0.5) is 0 Å². The van der Waals surface area contributed by atoms with Gasteiger partial charge in [0.2, 0.25) is 0 Å². The number of benzene rings is 2. The average molecular weight is 399 g/mol. The van der Waals surface area contributed by atoms with Gasteiger partial charge < -0.3 is 10.1 Å². The Kier molecular flexibility index (Phi) is 7.12. The first kappa shape index (κ1) is 20.4. The molecule has 0 radical (unpaired) electrons. The monoisotopic (exact) mass is 398 g/mol. The molecule has 1 N–H and O–H groups in total. The number of methoxy groups -OCH3 is 1. The number of rotatable bonds is 8. The molecule has 0 aromatic heterocycles. The molecule has 1 fully saturated rings. The van der Waals surface area contributed by atoms with Crippen LogP contribution in [0.25, 0.3) is 0 Å². The fraction of sp³-hybridized carbons (Fsp3) is 0.348. The molecule has 28 heavy (non-hydrogen) atoms. The van der Waals surface area contributed by atoms with Crippen LogP contribution in [0.15, 0.2) is 60.3 Å². The molecule has 1 heterocycles. The lowest BCUT2D eigenvalue weighted by atomic mass is 10.0. The molecule has 0 amide bonds. The molecule has 148 valence electrons. The standard InChI is InChI=1S/C23H27ClN2O2/c1-17(15-23(27)19-5-9-20(24)10-6-19)25-16-22(26-13-3-4-14-26)18-7-11-21(28-2)12-8-18/h5-12,15,22,25H,3-4,13-14,16H2,1-2H3/b17-15+. The largest absolute Gasteiger partial charge is 0.497 e. The second-order valence-corrected chi connectivity index (χ2v) is 7.55. The van der Waals surface area contributed by atoms with E-state index >= 15 is 0 Å². The lowest BCUT2D eigenvalue weighted by Gasteiger charge is -2.29. The minimum atomic E-state index is -0.0242. The van der Waals surface area contributed by atoms with E-state index in [2.05, 4.69) is 22.3 Å². The van der Waals surface area contributed by atoms with Crippen molar-refractivity contribution in [2.24, 2.45) is 0 Å². The van der Waals surface area contributed by atoms with Crippen LogP contribution in [0.5, 0.6) is 5.75 Å². The molecule has 1 aliphatic rings. The van der Waals surface area contributed by atoms with E-state index in [0.717, 1.165) is 31.1 Å². The number of nitrogens with one attached hydrogen (secondary N) is 1. The topological polar surface area (TPSA) is 41.6 Å². The van der Waals surface area contributed by atoms with E-state index in [1.165, 1.54) is 18.4 Å². The van der Waals surface area contributed by atoms with Gasteiger partial charge in [0, 0.05) is 28.9 Å². The number of ketones is 1. The zero-order valence-corrected chi connectivity index (χ0v) is 17.2. The molecule has 4 nitrogen and oxygen atoms in total. The van der Waals surface area contributed by atoms with Crippen molar-refractivity contribution in [2.45, 2.75) is 25.8 Å². The number of allylic oxidation sites excluding steroid dienone is 2. The van der Waals surface area contributed by atoms with Crippen molar-refractivity contribution in [1.82, 2.24) is 10.2 Å². The first-order valence-electron chi connectivity index (χ1n) is 9.67. The molecule has 1 saturated heterocycles.